The largest absolute Gasteiger partial charge is 0.344 e. The van der Waals surface area contributed by atoms with Crippen LogP contribution in [0.15, 0.2) is 24.5 Å². The summed E-state index contributed by atoms with van der Waals surface area (Å²) in [5.41, 5.74) is 1.15. The SMILES string of the molecule is CCCC(C#N)C(=O)N(C)CCc1ccncc1. The number of nitrogens with zero attached hydrogens (tertiary/aromatic N) is 3. The predicted octanol–water partition coefficient (Wildman–Crippen LogP) is 2.02. The number of amides is 1. The van der Waals surface area contributed by atoms with Crippen molar-refractivity contribution in [3.63, 3.8) is 0 Å². The molecule has 0 saturated heterocycles. The Morgan fingerprint density at radius 2 is 2.17 bits per heavy atom. The number of nitriles is 1. The van der Waals surface area contributed by atoms with Gasteiger partial charge in [0.05, 0.1) is 6.07 Å². The summed E-state index contributed by atoms with van der Waals surface area (Å²) in [5, 5.41) is 8.96. The minimum atomic E-state index is -0.502. The molecule has 1 rings (SSSR count). The Kier molecular flexibility index (Phi) is 5.86. The molecule has 1 heterocycles. The number of pyridine rings is 1. The summed E-state index contributed by atoms with van der Waals surface area (Å²) in [4.78, 5) is 17.6. The van der Waals surface area contributed by atoms with E-state index in [9.17, 15) is 4.79 Å². The van der Waals surface area contributed by atoms with Gasteiger partial charge in [-0.15, -0.1) is 0 Å². The zero-order valence-corrected chi connectivity index (χ0v) is 11.0. The molecule has 18 heavy (non-hydrogen) atoms. The molecule has 0 aromatic carbocycles. The average molecular weight is 245 g/mol. The molecular weight excluding hydrogens is 226 g/mol. The Bertz CT molecular complexity index is 411. The van der Waals surface area contributed by atoms with E-state index in [0.29, 0.717) is 13.0 Å². The zero-order chi connectivity index (χ0) is 13.4. The third-order valence-electron chi connectivity index (χ3n) is 2.89. The fraction of sp³-hybridized carbons (Fsp3) is 0.500. The maximum Gasteiger partial charge on any atom is 0.239 e. The van der Waals surface area contributed by atoms with Gasteiger partial charge in [-0.1, -0.05) is 13.3 Å². The molecule has 0 aliphatic heterocycles. The van der Waals surface area contributed by atoms with Gasteiger partial charge in [-0.3, -0.25) is 9.78 Å². The van der Waals surface area contributed by atoms with E-state index in [1.807, 2.05) is 19.1 Å². The second-order valence-corrected chi connectivity index (χ2v) is 4.34. The van der Waals surface area contributed by atoms with Gasteiger partial charge in [0.2, 0.25) is 5.91 Å². The topological polar surface area (TPSA) is 57.0 Å². The van der Waals surface area contributed by atoms with Gasteiger partial charge in [0.15, 0.2) is 0 Å². The lowest BCUT2D eigenvalue weighted by molar-refractivity contribution is -0.132. The summed E-state index contributed by atoms with van der Waals surface area (Å²) in [6.45, 7) is 2.61. The Labute approximate surface area is 108 Å². The van der Waals surface area contributed by atoms with Gasteiger partial charge >= 0.3 is 0 Å². The van der Waals surface area contributed by atoms with Crippen molar-refractivity contribution in [1.82, 2.24) is 9.88 Å². The van der Waals surface area contributed by atoms with Crippen molar-refractivity contribution in [2.24, 2.45) is 5.92 Å². The monoisotopic (exact) mass is 245 g/mol. The van der Waals surface area contributed by atoms with E-state index >= 15 is 0 Å². The summed E-state index contributed by atoms with van der Waals surface area (Å²) in [6, 6.07) is 5.95. The summed E-state index contributed by atoms with van der Waals surface area (Å²) < 4.78 is 0. The number of aromatic nitrogens is 1. The minimum absolute atomic E-state index is 0.0755. The lowest BCUT2D eigenvalue weighted by Crippen LogP contribution is -2.33. The first-order chi connectivity index (χ1) is 8.69. The lowest BCUT2D eigenvalue weighted by atomic mass is 10.0. The molecule has 0 spiro atoms. The third kappa shape index (κ3) is 4.17. The fourth-order valence-corrected chi connectivity index (χ4v) is 1.75. The van der Waals surface area contributed by atoms with Crippen molar-refractivity contribution in [1.29, 1.82) is 5.26 Å². The number of carbonyl (C=O) groups is 1. The molecule has 1 aromatic rings. The van der Waals surface area contributed by atoms with Crippen LogP contribution in [-0.2, 0) is 11.2 Å². The van der Waals surface area contributed by atoms with Crippen molar-refractivity contribution in [3.05, 3.63) is 30.1 Å². The molecule has 1 atom stereocenters. The van der Waals surface area contributed by atoms with E-state index in [1.54, 1.807) is 24.3 Å². The molecule has 0 N–H and O–H groups in total. The first-order valence-corrected chi connectivity index (χ1v) is 6.22. The molecule has 0 aliphatic carbocycles. The van der Waals surface area contributed by atoms with Crippen LogP contribution in [0, 0.1) is 17.2 Å². The lowest BCUT2D eigenvalue weighted by Gasteiger charge is -2.19. The van der Waals surface area contributed by atoms with Crippen LogP contribution < -0.4 is 0 Å². The van der Waals surface area contributed by atoms with Gasteiger partial charge < -0.3 is 4.90 Å². The van der Waals surface area contributed by atoms with Crippen LogP contribution >= 0.6 is 0 Å². The van der Waals surface area contributed by atoms with Crippen molar-refractivity contribution < 1.29 is 4.79 Å². The first-order valence-electron chi connectivity index (χ1n) is 6.22. The molecular formula is C14H19N3O. The second-order valence-electron chi connectivity index (χ2n) is 4.34. The molecule has 1 aromatic heterocycles. The Morgan fingerprint density at radius 1 is 1.50 bits per heavy atom. The Morgan fingerprint density at radius 3 is 2.72 bits per heavy atom. The van der Waals surface area contributed by atoms with Crippen molar-refractivity contribution in [3.8, 4) is 6.07 Å². The van der Waals surface area contributed by atoms with E-state index in [4.69, 9.17) is 5.26 Å². The van der Waals surface area contributed by atoms with Crippen LogP contribution in [0.5, 0.6) is 0 Å². The number of hydrogen-bond donors (Lipinski definition) is 0. The van der Waals surface area contributed by atoms with Crippen molar-refractivity contribution in [2.45, 2.75) is 26.2 Å². The van der Waals surface area contributed by atoms with E-state index < -0.39 is 5.92 Å². The second kappa shape index (κ2) is 7.44. The van der Waals surface area contributed by atoms with Gasteiger partial charge in [0.1, 0.15) is 5.92 Å². The number of carbonyl (C=O) groups excluding carboxylic acids is 1. The van der Waals surface area contributed by atoms with Crippen molar-refractivity contribution >= 4 is 5.91 Å². The standard InChI is InChI=1S/C14H19N3O/c1-3-4-13(11-15)14(18)17(2)10-7-12-5-8-16-9-6-12/h5-6,8-9,13H,3-4,7,10H2,1-2H3. The summed E-state index contributed by atoms with van der Waals surface area (Å²) in [7, 11) is 1.75. The van der Waals surface area contributed by atoms with E-state index in [0.717, 1.165) is 18.4 Å². The van der Waals surface area contributed by atoms with Crippen LogP contribution in [0.1, 0.15) is 25.3 Å². The highest BCUT2D eigenvalue weighted by Crippen LogP contribution is 2.09. The van der Waals surface area contributed by atoms with Gasteiger partial charge in [0, 0.05) is 26.0 Å². The van der Waals surface area contributed by atoms with Crippen molar-refractivity contribution in [2.75, 3.05) is 13.6 Å². The van der Waals surface area contributed by atoms with Crippen LogP contribution in [0.2, 0.25) is 0 Å². The molecule has 0 bridgehead atoms. The van der Waals surface area contributed by atoms with E-state index in [-0.39, 0.29) is 5.91 Å². The smallest absolute Gasteiger partial charge is 0.239 e. The number of hydrogen-bond acceptors (Lipinski definition) is 3. The van der Waals surface area contributed by atoms with Crippen LogP contribution in [0.3, 0.4) is 0 Å². The van der Waals surface area contributed by atoms with E-state index in [2.05, 4.69) is 11.1 Å². The Hall–Kier alpha value is -1.89. The molecule has 0 fully saturated rings. The first kappa shape index (κ1) is 14.2. The molecule has 4 nitrogen and oxygen atoms in total. The highest BCUT2D eigenvalue weighted by atomic mass is 16.2. The fourth-order valence-electron chi connectivity index (χ4n) is 1.75. The Balaban J connectivity index is 2.47. The maximum absolute atomic E-state index is 12.0. The third-order valence-corrected chi connectivity index (χ3v) is 2.89. The number of rotatable bonds is 6. The molecule has 1 amide bonds. The number of likely N-dealkylation sites (N-methyl/N-ethyl adjacent to an activating group) is 1. The van der Waals surface area contributed by atoms with Gasteiger partial charge in [-0.25, -0.2) is 0 Å². The molecule has 96 valence electrons. The van der Waals surface area contributed by atoms with Crippen LogP contribution in [-0.4, -0.2) is 29.4 Å². The summed E-state index contributed by atoms with van der Waals surface area (Å²) in [6.07, 6.45) is 5.75. The predicted molar refractivity (Wildman–Crippen MR) is 69.6 cm³/mol. The maximum atomic E-state index is 12.0. The molecule has 1 unspecified atom stereocenters. The summed E-state index contributed by atoms with van der Waals surface area (Å²) >= 11 is 0. The van der Waals surface area contributed by atoms with Crippen LogP contribution in [0.25, 0.3) is 0 Å². The van der Waals surface area contributed by atoms with Crippen LogP contribution in [0.4, 0.5) is 0 Å². The zero-order valence-electron chi connectivity index (χ0n) is 11.0. The summed E-state index contributed by atoms with van der Waals surface area (Å²) in [5.74, 6) is -0.578. The highest BCUT2D eigenvalue weighted by molar-refractivity contribution is 5.80. The average Bonchev–Trinajstić information content (AvgIpc) is 2.42. The molecule has 4 heteroatoms. The molecule has 0 aliphatic rings. The normalized spacial score (nSPS) is 11.6. The minimum Gasteiger partial charge on any atom is -0.344 e. The van der Waals surface area contributed by atoms with Gasteiger partial charge in [-0.05, 0) is 30.5 Å². The van der Waals surface area contributed by atoms with Gasteiger partial charge in [0.25, 0.3) is 0 Å². The highest BCUT2D eigenvalue weighted by Gasteiger charge is 2.20. The van der Waals surface area contributed by atoms with E-state index in [1.165, 1.54) is 0 Å². The molecule has 0 radical (unpaired) electrons. The molecule has 0 saturated carbocycles. The van der Waals surface area contributed by atoms with Gasteiger partial charge in [-0.2, -0.15) is 5.26 Å². The quantitative estimate of drug-likeness (QED) is 0.770.